The number of rotatable bonds is 3. The van der Waals surface area contributed by atoms with Gasteiger partial charge in [-0.25, -0.2) is 4.79 Å². The van der Waals surface area contributed by atoms with Gasteiger partial charge in [-0.05, 0) is 32.7 Å². The highest BCUT2D eigenvalue weighted by Crippen LogP contribution is 2.15. The van der Waals surface area contributed by atoms with Gasteiger partial charge in [-0.2, -0.15) is 0 Å². The Bertz CT molecular complexity index is 240. The summed E-state index contributed by atoms with van der Waals surface area (Å²) in [6.45, 7) is 8.20. The molecule has 80 valence electrons. The van der Waals surface area contributed by atoms with Crippen LogP contribution in [0.15, 0.2) is 5.28 Å². The van der Waals surface area contributed by atoms with Crippen LogP contribution in [0.25, 0.3) is 10.4 Å². The predicted octanol–water partition coefficient (Wildman–Crippen LogP) is 2.86. The Kier molecular flexibility index (Phi) is 4.80. The van der Waals surface area contributed by atoms with Gasteiger partial charge in [-0.1, -0.05) is 6.92 Å². The van der Waals surface area contributed by atoms with Crippen LogP contribution in [0, 0.1) is 0 Å². The van der Waals surface area contributed by atoms with Crippen molar-refractivity contribution in [3.63, 3.8) is 0 Å². The van der Waals surface area contributed by atoms with Gasteiger partial charge in [0.25, 0.3) is 0 Å². The second kappa shape index (κ2) is 5.34. The lowest BCUT2D eigenvalue weighted by atomic mass is 10.1. The first-order chi connectivity index (χ1) is 6.43. The number of hydrogen-bond donors (Lipinski definition) is 0. The van der Waals surface area contributed by atoms with Crippen LogP contribution in [0.2, 0.25) is 0 Å². The molecule has 0 atom stereocenters. The summed E-state index contributed by atoms with van der Waals surface area (Å²) < 4.78 is 0. The third-order valence-electron chi connectivity index (χ3n) is 1.63. The normalized spacial score (nSPS) is 10.3. The van der Waals surface area contributed by atoms with Crippen molar-refractivity contribution >= 4 is 6.09 Å². The third-order valence-corrected chi connectivity index (χ3v) is 1.63. The maximum Gasteiger partial charge on any atom is 0.422 e. The van der Waals surface area contributed by atoms with E-state index in [-0.39, 0.29) is 5.54 Å². The third kappa shape index (κ3) is 4.00. The molecule has 14 heavy (non-hydrogen) atoms. The highest BCUT2D eigenvalue weighted by Gasteiger charge is 2.26. The molecular weight excluding hydrogens is 184 g/mol. The number of hydrogen-bond acceptors (Lipinski definition) is 3. The van der Waals surface area contributed by atoms with Crippen molar-refractivity contribution in [3.05, 3.63) is 10.4 Å². The van der Waals surface area contributed by atoms with Crippen LogP contribution in [0.4, 0.5) is 4.79 Å². The van der Waals surface area contributed by atoms with Crippen molar-refractivity contribution in [1.82, 2.24) is 4.90 Å². The lowest BCUT2D eigenvalue weighted by molar-refractivity contribution is 0.0682. The minimum absolute atomic E-state index is 0.335. The first-order valence-corrected chi connectivity index (χ1v) is 4.46. The van der Waals surface area contributed by atoms with Crippen molar-refractivity contribution in [2.75, 3.05) is 6.54 Å². The summed E-state index contributed by atoms with van der Waals surface area (Å²) in [6, 6.07) is 0. The van der Waals surface area contributed by atoms with Crippen LogP contribution in [-0.4, -0.2) is 23.1 Å². The van der Waals surface area contributed by atoms with Crippen molar-refractivity contribution in [1.29, 1.82) is 0 Å². The average molecular weight is 200 g/mol. The minimum Gasteiger partial charge on any atom is -0.342 e. The zero-order chi connectivity index (χ0) is 11.2. The number of carbonyl (C=O) groups is 1. The Morgan fingerprint density at radius 1 is 1.57 bits per heavy atom. The van der Waals surface area contributed by atoms with Gasteiger partial charge in [0.2, 0.25) is 0 Å². The van der Waals surface area contributed by atoms with Gasteiger partial charge >= 0.3 is 6.09 Å². The summed E-state index contributed by atoms with van der Waals surface area (Å²) in [4.78, 5) is 19.6. The van der Waals surface area contributed by atoms with Crippen molar-refractivity contribution in [3.8, 4) is 0 Å². The van der Waals surface area contributed by atoms with Crippen molar-refractivity contribution < 1.29 is 9.63 Å². The summed E-state index contributed by atoms with van der Waals surface area (Å²) in [5, 5.41) is 2.78. The maximum absolute atomic E-state index is 11.4. The molecule has 0 aliphatic rings. The first-order valence-electron chi connectivity index (χ1n) is 4.46. The van der Waals surface area contributed by atoms with E-state index in [1.807, 2.05) is 27.7 Å². The Balaban J connectivity index is 4.48. The fourth-order valence-corrected chi connectivity index (χ4v) is 1.03. The van der Waals surface area contributed by atoms with Crippen LogP contribution >= 0.6 is 0 Å². The fourth-order valence-electron chi connectivity index (χ4n) is 1.03. The van der Waals surface area contributed by atoms with Crippen LogP contribution < -0.4 is 0 Å². The van der Waals surface area contributed by atoms with Crippen LogP contribution in [0.5, 0.6) is 0 Å². The average Bonchev–Trinajstić information content (AvgIpc) is 2.08. The molecule has 0 rings (SSSR count). The summed E-state index contributed by atoms with van der Waals surface area (Å²) in [7, 11) is 0. The zero-order valence-electron chi connectivity index (χ0n) is 9.02. The second-order valence-corrected chi connectivity index (χ2v) is 3.85. The summed E-state index contributed by atoms with van der Waals surface area (Å²) in [5.74, 6) is 0. The van der Waals surface area contributed by atoms with Crippen LogP contribution in [-0.2, 0) is 4.84 Å². The summed E-state index contributed by atoms with van der Waals surface area (Å²) >= 11 is 0. The number of azide groups is 1. The maximum atomic E-state index is 11.4. The molecule has 1 amide bonds. The lowest BCUT2D eigenvalue weighted by Crippen LogP contribution is -2.45. The molecule has 0 aromatic rings. The molecule has 0 aliphatic carbocycles. The lowest BCUT2D eigenvalue weighted by Gasteiger charge is -2.33. The standard InChI is InChI=1S/C8H16N4O2/c1-5-6-12(8(2,3)4)7(13)14-11-10-9/h5-6H2,1-4H3. The molecule has 0 saturated heterocycles. The van der Waals surface area contributed by atoms with Gasteiger partial charge in [0, 0.05) is 17.0 Å². The van der Waals surface area contributed by atoms with Crippen LogP contribution in [0.3, 0.4) is 0 Å². The summed E-state index contributed by atoms with van der Waals surface area (Å²) in [5.41, 5.74) is 7.66. The van der Waals surface area contributed by atoms with Crippen molar-refractivity contribution in [2.24, 2.45) is 5.28 Å². The van der Waals surface area contributed by atoms with Gasteiger partial charge in [0.05, 0.1) is 0 Å². The van der Waals surface area contributed by atoms with Gasteiger partial charge in [0.15, 0.2) is 0 Å². The zero-order valence-corrected chi connectivity index (χ0v) is 9.02. The predicted molar refractivity (Wildman–Crippen MR) is 52.4 cm³/mol. The SMILES string of the molecule is CCCN(C(=O)ON=[N+]=[N-])C(C)(C)C. The summed E-state index contributed by atoms with van der Waals surface area (Å²) in [6.07, 6.45) is 0.208. The Labute approximate surface area is 83.4 Å². The Morgan fingerprint density at radius 2 is 2.14 bits per heavy atom. The number of carbonyl (C=O) groups excluding carboxylic acids is 1. The van der Waals surface area contributed by atoms with E-state index in [1.165, 1.54) is 4.90 Å². The molecule has 0 radical (unpaired) electrons. The van der Waals surface area contributed by atoms with E-state index in [4.69, 9.17) is 5.53 Å². The number of amides is 1. The topological polar surface area (TPSA) is 78.3 Å². The number of nitrogens with zero attached hydrogens (tertiary/aromatic N) is 4. The van der Waals surface area contributed by atoms with Gasteiger partial charge in [-0.15, -0.1) is 0 Å². The molecule has 0 N–H and O–H groups in total. The highest BCUT2D eigenvalue weighted by molar-refractivity contribution is 5.68. The van der Waals surface area contributed by atoms with Gasteiger partial charge in [-0.3, -0.25) is 0 Å². The monoisotopic (exact) mass is 200 g/mol. The molecule has 0 aromatic heterocycles. The van der Waals surface area contributed by atoms with E-state index in [2.05, 4.69) is 15.0 Å². The quantitative estimate of drug-likeness (QED) is 0.304. The molecule has 6 heteroatoms. The van der Waals surface area contributed by atoms with E-state index in [0.29, 0.717) is 6.54 Å². The Hall–Kier alpha value is -1.42. The molecule has 0 heterocycles. The van der Waals surface area contributed by atoms with E-state index >= 15 is 0 Å². The largest absolute Gasteiger partial charge is 0.422 e. The van der Waals surface area contributed by atoms with Crippen molar-refractivity contribution in [2.45, 2.75) is 39.7 Å². The van der Waals surface area contributed by atoms with Crippen LogP contribution in [0.1, 0.15) is 34.1 Å². The molecule has 0 fully saturated rings. The van der Waals surface area contributed by atoms with Gasteiger partial charge in [0.1, 0.15) is 5.28 Å². The minimum atomic E-state index is -0.614. The molecule has 0 unspecified atom stereocenters. The molecule has 6 nitrogen and oxygen atoms in total. The smallest absolute Gasteiger partial charge is 0.342 e. The Morgan fingerprint density at radius 3 is 2.50 bits per heavy atom. The second-order valence-electron chi connectivity index (χ2n) is 3.85. The van der Waals surface area contributed by atoms with E-state index in [0.717, 1.165) is 6.42 Å². The fraction of sp³-hybridized carbons (Fsp3) is 0.875. The van der Waals surface area contributed by atoms with Gasteiger partial charge < -0.3 is 9.74 Å². The molecule has 0 saturated carbocycles. The van der Waals surface area contributed by atoms with E-state index in [1.54, 1.807) is 0 Å². The molecule has 0 bridgehead atoms. The molecule has 0 aliphatic heterocycles. The highest BCUT2D eigenvalue weighted by atomic mass is 16.7. The first kappa shape index (κ1) is 12.6. The molecular formula is C8H16N4O2. The van der Waals surface area contributed by atoms with E-state index < -0.39 is 6.09 Å². The molecule has 0 spiro atoms. The van der Waals surface area contributed by atoms with E-state index in [9.17, 15) is 4.79 Å². The molecule has 0 aromatic carbocycles.